The Bertz CT molecular complexity index is 938. The minimum atomic E-state index is -1.11. The van der Waals surface area contributed by atoms with Crippen molar-refractivity contribution in [2.24, 2.45) is 23.5 Å². The number of nitrogens with zero attached hydrogens (tertiary/aromatic N) is 1. The van der Waals surface area contributed by atoms with Gasteiger partial charge in [0.2, 0.25) is 17.6 Å². The molecule has 5 amide bonds. The monoisotopic (exact) mass is 513 g/mol. The van der Waals surface area contributed by atoms with E-state index in [1.807, 2.05) is 0 Å². The van der Waals surface area contributed by atoms with Crippen molar-refractivity contribution in [1.82, 2.24) is 20.9 Å². The first-order chi connectivity index (χ1) is 17.8. The van der Waals surface area contributed by atoms with E-state index in [2.05, 4.69) is 28.4 Å². The first kappa shape index (κ1) is 28.2. The minimum absolute atomic E-state index is 0.0450. The fraction of sp³-hybridized carbons (Fsp3) is 0.667. The van der Waals surface area contributed by atoms with E-state index in [4.69, 9.17) is 12.2 Å². The van der Waals surface area contributed by atoms with Crippen LogP contribution in [0, 0.1) is 30.1 Å². The molecule has 3 aliphatic rings. The van der Waals surface area contributed by atoms with Crippen LogP contribution < -0.4 is 21.7 Å². The van der Waals surface area contributed by atoms with Crippen LogP contribution in [0.3, 0.4) is 0 Å². The third kappa shape index (κ3) is 6.90. The zero-order valence-electron chi connectivity index (χ0n) is 21.4. The molecule has 1 saturated heterocycles. The number of nitrogens with one attached hydrogen (secondary N) is 3. The molecule has 37 heavy (non-hydrogen) atoms. The normalized spacial score (nSPS) is 24.7. The highest BCUT2D eigenvalue weighted by molar-refractivity contribution is 6.38. The van der Waals surface area contributed by atoms with Crippen molar-refractivity contribution in [2.45, 2.75) is 82.3 Å². The van der Waals surface area contributed by atoms with Gasteiger partial charge in [-0.25, -0.2) is 4.79 Å². The first-order valence-electron chi connectivity index (χ1n) is 13.3. The highest BCUT2D eigenvalue weighted by Gasteiger charge is 2.51. The quantitative estimate of drug-likeness (QED) is 0.185. The number of likely N-dealkylation sites (tertiary alicyclic amines) is 1. The van der Waals surface area contributed by atoms with E-state index in [0.717, 1.165) is 51.4 Å². The summed E-state index contributed by atoms with van der Waals surface area (Å²) in [5.74, 6) is 0.101. The van der Waals surface area contributed by atoms with Crippen molar-refractivity contribution in [3.8, 4) is 12.3 Å². The largest absolute Gasteiger partial charge is 0.352 e. The summed E-state index contributed by atoms with van der Waals surface area (Å²) in [5, 5.41) is 7.82. The van der Waals surface area contributed by atoms with E-state index in [9.17, 15) is 24.0 Å². The smallest absolute Gasteiger partial charge is 0.312 e. The Labute approximate surface area is 218 Å². The number of primary amides is 1. The maximum atomic E-state index is 13.9. The van der Waals surface area contributed by atoms with Gasteiger partial charge in [-0.3, -0.25) is 19.2 Å². The second kappa shape index (κ2) is 13.3. The van der Waals surface area contributed by atoms with Gasteiger partial charge in [0, 0.05) is 19.5 Å². The van der Waals surface area contributed by atoms with Gasteiger partial charge >= 0.3 is 6.03 Å². The molecule has 0 aromatic heterocycles. The van der Waals surface area contributed by atoms with Gasteiger partial charge in [0.1, 0.15) is 12.1 Å². The van der Waals surface area contributed by atoms with Crippen LogP contribution in [-0.2, 0) is 19.2 Å². The van der Waals surface area contributed by atoms with Crippen LogP contribution in [0.5, 0.6) is 0 Å². The number of nitrogens with two attached hydrogens (primary N) is 1. The van der Waals surface area contributed by atoms with Crippen LogP contribution in [0.2, 0.25) is 0 Å². The summed E-state index contributed by atoms with van der Waals surface area (Å²) in [7, 11) is 0. The number of amides is 5. The highest BCUT2D eigenvalue weighted by Crippen LogP contribution is 2.43. The van der Waals surface area contributed by atoms with Gasteiger partial charge in [-0.05, 0) is 49.9 Å². The number of carbonyl (C=O) groups excluding carboxylic acids is 5. The number of terminal acetylenes is 1. The van der Waals surface area contributed by atoms with Crippen LogP contribution >= 0.6 is 0 Å². The summed E-state index contributed by atoms with van der Waals surface area (Å²) in [4.78, 5) is 66.0. The summed E-state index contributed by atoms with van der Waals surface area (Å²) in [6.07, 6.45) is 14.4. The maximum absolute atomic E-state index is 13.9. The van der Waals surface area contributed by atoms with E-state index in [1.165, 1.54) is 6.08 Å². The zero-order valence-corrected chi connectivity index (χ0v) is 21.4. The van der Waals surface area contributed by atoms with Crippen molar-refractivity contribution in [2.75, 3.05) is 13.1 Å². The number of carbonyl (C=O) groups is 5. The van der Waals surface area contributed by atoms with Gasteiger partial charge in [-0.2, -0.15) is 0 Å². The molecule has 10 nitrogen and oxygen atoms in total. The van der Waals surface area contributed by atoms with Crippen molar-refractivity contribution in [3.05, 3.63) is 12.7 Å². The molecule has 1 unspecified atom stereocenters. The summed E-state index contributed by atoms with van der Waals surface area (Å²) >= 11 is 0. The van der Waals surface area contributed by atoms with E-state index >= 15 is 0 Å². The predicted octanol–water partition coefficient (Wildman–Crippen LogP) is 1.00. The van der Waals surface area contributed by atoms with E-state index in [0.29, 0.717) is 6.54 Å². The molecule has 0 spiro atoms. The summed E-state index contributed by atoms with van der Waals surface area (Å²) in [6.45, 7) is 4.04. The predicted molar refractivity (Wildman–Crippen MR) is 138 cm³/mol. The molecule has 5 atom stereocenters. The average molecular weight is 514 g/mol. The Morgan fingerprint density at radius 3 is 2.43 bits per heavy atom. The molecular formula is C27H39N5O5. The molecule has 5 N–H and O–H groups in total. The average Bonchev–Trinajstić information content (AvgIpc) is 3.49. The molecule has 2 saturated carbocycles. The fourth-order valence-corrected chi connectivity index (χ4v) is 6.21. The van der Waals surface area contributed by atoms with E-state index < -0.39 is 41.8 Å². The lowest BCUT2D eigenvalue weighted by Gasteiger charge is -2.35. The van der Waals surface area contributed by atoms with Crippen LogP contribution in [0.15, 0.2) is 12.7 Å². The van der Waals surface area contributed by atoms with Crippen LogP contribution in [0.4, 0.5) is 4.79 Å². The summed E-state index contributed by atoms with van der Waals surface area (Å²) < 4.78 is 0. The third-order valence-corrected chi connectivity index (χ3v) is 7.97. The molecule has 10 heteroatoms. The van der Waals surface area contributed by atoms with Gasteiger partial charge in [0.25, 0.3) is 5.91 Å². The second-order valence-electron chi connectivity index (χ2n) is 10.3. The second-order valence-corrected chi connectivity index (χ2v) is 10.3. The Morgan fingerprint density at radius 2 is 1.78 bits per heavy atom. The molecule has 0 bridgehead atoms. The number of hydrogen-bond acceptors (Lipinski definition) is 5. The third-order valence-electron chi connectivity index (χ3n) is 7.97. The number of Topliss-reactive ketones (excluding diaryl/α,β-unsaturated/α-hetero) is 1. The van der Waals surface area contributed by atoms with Crippen molar-refractivity contribution in [1.29, 1.82) is 0 Å². The lowest BCUT2D eigenvalue weighted by molar-refractivity contribution is -0.144. The Hall–Kier alpha value is -3.35. The molecule has 2 aliphatic carbocycles. The molecule has 0 radical (unpaired) electrons. The Morgan fingerprint density at radius 1 is 1.05 bits per heavy atom. The number of rotatable bonds is 11. The van der Waals surface area contributed by atoms with Gasteiger partial charge in [-0.15, -0.1) is 18.9 Å². The SMILES string of the molecule is C#CCCC(NC(=O)[C@@H]1[C@H]2CCC[C@H]2CN1C(=O)[C@@H](NC(N)=O)C1CCCCC1)C(=O)C(=O)NCC=C. The van der Waals surface area contributed by atoms with E-state index in [-0.39, 0.29) is 43.0 Å². The summed E-state index contributed by atoms with van der Waals surface area (Å²) in [5.41, 5.74) is 5.43. The minimum Gasteiger partial charge on any atom is -0.352 e. The molecule has 202 valence electrons. The fourth-order valence-electron chi connectivity index (χ4n) is 6.21. The molecule has 0 aromatic rings. The van der Waals surface area contributed by atoms with Crippen molar-refractivity contribution >= 4 is 29.5 Å². The molecule has 3 rings (SSSR count). The number of ketones is 1. The topological polar surface area (TPSA) is 151 Å². The van der Waals surface area contributed by atoms with Crippen LogP contribution in [-0.4, -0.2) is 65.7 Å². The lowest BCUT2D eigenvalue weighted by atomic mass is 9.83. The van der Waals surface area contributed by atoms with E-state index in [1.54, 1.807) is 4.90 Å². The van der Waals surface area contributed by atoms with Gasteiger partial charge in [-0.1, -0.05) is 31.8 Å². The molecule has 1 heterocycles. The standard InChI is InChI=1S/C27H39N5O5/c1-3-5-14-20(23(33)25(35)29-15-4-2)30-24(34)22-19-13-9-12-18(19)16-32(22)26(36)21(31-27(28)37)17-10-7-6-8-11-17/h1,4,17-22H,2,5-16H2,(H,29,35)(H,30,34)(H3,28,31,37)/t18-,19-,20?,21-,22-/m0/s1. The van der Waals surface area contributed by atoms with Crippen LogP contribution in [0.1, 0.15) is 64.2 Å². The first-order valence-corrected chi connectivity index (χ1v) is 13.3. The summed E-state index contributed by atoms with van der Waals surface area (Å²) in [6, 6.07) is -3.47. The van der Waals surface area contributed by atoms with Gasteiger partial charge < -0.3 is 26.6 Å². The Kier molecular flexibility index (Phi) is 10.1. The van der Waals surface area contributed by atoms with Gasteiger partial charge in [0.15, 0.2) is 0 Å². The van der Waals surface area contributed by atoms with Crippen molar-refractivity contribution < 1.29 is 24.0 Å². The maximum Gasteiger partial charge on any atom is 0.312 e. The number of hydrogen-bond donors (Lipinski definition) is 4. The lowest BCUT2D eigenvalue weighted by Crippen LogP contribution is -2.59. The van der Waals surface area contributed by atoms with Crippen molar-refractivity contribution in [3.63, 3.8) is 0 Å². The highest BCUT2D eigenvalue weighted by atomic mass is 16.2. The zero-order chi connectivity index (χ0) is 26.9. The molecule has 3 fully saturated rings. The number of urea groups is 1. The molecule has 1 aliphatic heterocycles. The van der Waals surface area contributed by atoms with Gasteiger partial charge in [0.05, 0.1) is 6.04 Å². The molecule has 0 aromatic carbocycles. The van der Waals surface area contributed by atoms with Crippen LogP contribution in [0.25, 0.3) is 0 Å². The number of fused-ring (bicyclic) bond motifs is 1. The Balaban J connectivity index is 1.82. The molecular weight excluding hydrogens is 474 g/mol.